The van der Waals surface area contributed by atoms with Crippen LogP contribution in [0.4, 0.5) is 0 Å². The van der Waals surface area contributed by atoms with Crippen LogP contribution < -0.4 is 0 Å². The molecule has 2 saturated carbocycles. The molecule has 0 saturated heterocycles. The maximum atomic E-state index is 14.2. The highest BCUT2D eigenvalue weighted by atomic mass is 16.6. The average Bonchev–Trinajstić information content (AvgIpc) is 3.05. The topological polar surface area (TPSA) is 125 Å². The Kier molecular flexibility index (Phi) is 6.04. The van der Waals surface area contributed by atoms with Gasteiger partial charge in [0, 0.05) is 55.4 Å². The molecule has 0 radical (unpaired) electrons. The van der Waals surface area contributed by atoms with Gasteiger partial charge in [0.25, 0.3) is 5.79 Å². The van der Waals surface area contributed by atoms with E-state index < -0.39 is 70.5 Å². The molecule has 35 heavy (non-hydrogen) atoms. The molecule has 0 aromatic heterocycles. The van der Waals surface area contributed by atoms with Crippen molar-refractivity contribution < 1.29 is 43.2 Å². The molecule has 192 valence electrons. The Morgan fingerprint density at radius 1 is 1.03 bits per heavy atom. The van der Waals surface area contributed by atoms with Crippen LogP contribution in [0.15, 0.2) is 23.3 Å². The van der Waals surface area contributed by atoms with E-state index in [-0.39, 0.29) is 19.4 Å². The van der Waals surface area contributed by atoms with Gasteiger partial charge in [0.15, 0.2) is 0 Å². The molecule has 1 heterocycles. The lowest BCUT2D eigenvalue weighted by molar-refractivity contribution is -0.215. The van der Waals surface area contributed by atoms with Gasteiger partial charge in [-0.25, -0.2) is 0 Å². The van der Waals surface area contributed by atoms with Crippen molar-refractivity contribution in [2.24, 2.45) is 22.7 Å². The van der Waals surface area contributed by atoms with Gasteiger partial charge < -0.3 is 24.1 Å². The third-order valence-corrected chi connectivity index (χ3v) is 8.34. The van der Waals surface area contributed by atoms with Gasteiger partial charge in [-0.2, -0.15) is 0 Å². The molecule has 9 heteroatoms. The van der Waals surface area contributed by atoms with Gasteiger partial charge >= 0.3 is 17.9 Å². The first kappa shape index (κ1) is 25.6. The molecule has 1 aliphatic heterocycles. The lowest BCUT2D eigenvalue weighted by atomic mass is 9.49. The summed E-state index contributed by atoms with van der Waals surface area (Å²) in [7, 11) is 0. The van der Waals surface area contributed by atoms with Crippen molar-refractivity contribution in [2.75, 3.05) is 6.61 Å². The predicted molar refractivity (Wildman–Crippen MR) is 121 cm³/mol. The summed E-state index contributed by atoms with van der Waals surface area (Å²) in [6.07, 6.45) is -1.54. The molecule has 2 bridgehead atoms. The molecular weight excluding hydrogens is 456 g/mol. The Balaban J connectivity index is 1.99. The number of fused-ring (bicyclic) bond motifs is 2. The van der Waals surface area contributed by atoms with Crippen molar-refractivity contribution in [2.45, 2.75) is 84.9 Å². The van der Waals surface area contributed by atoms with Gasteiger partial charge in [-0.05, 0) is 24.0 Å². The molecule has 3 aliphatic carbocycles. The second-order valence-electron chi connectivity index (χ2n) is 11.0. The van der Waals surface area contributed by atoms with Crippen LogP contribution in [0.2, 0.25) is 0 Å². The minimum absolute atomic E-state index is 0.0293. The number of hydrogen-bond acceptors (Lipinski definition) is 9. The van der Waals surface area contributed by atoms with E-state index in [0.29, 0.717) is 23.1 Å². The Bertz CT molecular complexity index is 1040. The van der Waals surface area contributed by atoms with Gasteiger partial charge in [0.2, 0.25) is 5.78 Å². The predicted octanol–water partition coefficient (Wildman–Crippen LogP) is 2.40. The van der Waals surface area contributed by atoms with Crippen LogP contribution in [0, 0.1) is 22.7 Å². The van der Waals surface area contributed by atoms with Crippen molar-refractivity contribution in [1.82, 2.24) is 0 Å². The minimum atomic E-state index is -2.17. The zero-order valence-electron chi connectivity index (χ0n) is 21.1. The summed E-state index contributed by atoms with van der Waals surface area (Å²) >= 11 is 0. The summed E-state index contributed by atoms with van der Waals surface area (Å²) < 4.78 is 23.1. The van der Waals surface area contributed by atoms with E-state index in [1.54, 1.807) is 6.92 Å². The van der Waals surface area contributed by atoms with Gasteiger partial charge in [-0.1, -0.05) is 27.4 Å². The zero-order chi connectivity index (χ0) is 26.1. The molecule has 0 amide bonds. The first-order valence-corrected chi connectivity index (χ1v) is 12.0. The summed E-state index contributed by atoms with van der Waals surface area (Å²) in [4.78, 5) is 50.6. The summed E-state index contributed by atoms with van der Waals surface area (Å²) in [6.45, 7) is 13.5. The highest BCUT2D eigenvalue weighted by Gasteiger charge is 2.70. The minimum Gasteiger partial charge on any atom is -0.462 e. The van der Waals surface area contributed by atoms with Gasteiger partial charge in [0.05, 0.1) is 6.61 Å². The molecule has 0 aromatic carbocycles. The second kappa shape index (κ2) is 8.27. The van der Waals surface area contributed by atoms with Gasteiger partial charge in [0.1, 0.15) is 18.3 Å². The third kappa shape index (κ3) is 3.74. The highest BCUT2D eigenvalue weighted by molar-refractivity contribution is 5.96. The smallest absolute Gasteiger partial charge is 0.303 e. The fraction of sp³-hybridized carbons (Fsp3) is 0.692. The lowest BCUT2D eigenvalue weighted by Crippen LogP contribution is -2.66. The average molecular weight is 491 g/mol. The fourth-order valence-corrected chi connectivity index (χ4v) is 7.23. The Labute approximate surface area is 204 Å². The summed E-state index contributed by atoms with van der Waals surface area (Å²) in [5.41, 5.74) is -0.621. The van der Waals surface area contributed by atoms with Crippen molar-refractivity contribution in [3.63, 3.8) is 0 Å². The van der Waals surface area contributed by atoms with Crippen LogP contribution in [-0.4, -0.2) is 59.5 Å². The van der Waals surface area contributed by atoms with E-state index in [1.807, 2.05) is 13.8 Å². The van der Waals surface area contributed by atoms with Gasteiger partial charge in [-0.3, -0.25) is 19.2 Å². The maximum absolute atomic E-state index is 14.2. The normalized spacial score (nSPS) is 39.8. The first-order chi connectivity index (χ1) is 16.1. The molecule has 1 N–H and O–H groups in total. The quantitative estimate of drug-likeness (QED) is 0.361. The molecule has 7 unspecified atom stereocenters. The van der Waals surface area contributed by atoms with E-state index in [0.717, 1.165) is 0 Å². The molecule has 0 spiro atoms. The number of aliphatic hydroxyl groups is 1. The van der Waals surface area contributed by atoms with E-state index >= 15 is 0 Å². The number of ketones is 1. The summed E-state index contributed by atoms with van der Waals surface area (Å²) in [6, 6.07) is 0. The first-order valence-electron chi connectivity index (χ1n) is 12.0. The largest absolute Gasteiger partial charge is 0.462 e. The number of Topliss-reactive ketones (excluding diaryl/α,β-unsaturated/α-hetero) is 1. The second-order valence-corrected chi connectivity index (χ2v) is 11.0. The Morgan fingerprint density at radius 2 is 1.63 bits per heavy atom. The molecule has 4 rings (SSSR count). The van der Waals surface area contributed by atoms with Crippen LogP contribution in [0.25, 0.3) is 0 Å². The molecule has 2 fully saturated rings. The van der Waals surface area contributed by atoms with E-state index in [1.165, 1.54) is 20.8 Å². The van der Waals surface area contributed by atoms with Crippen LogP contribution in [0.1, 0.15) is 60.8 Å². The van der Waals surface area contributed by atoms with Crippen LogP contribution in [0.5, 0.6) is 0 Å². The van der Waals surface area contributed by atoms with Crippen molar-refractivity contribution in [3.05, 3.63) is 23.3 Å². The van der Waals surface area contributed by atoms with Crippen molar-refractivity contribution in [3.8, 4) is 0 Å². The zero-order valence-corrected chi connectivity index (χ0v) is 21.1. The van der Waals surface area contributed by atoms with Crippen molar-refractivity contribution >= 4 is 23.7 Å². The summed E-state index contributed by atoms with van der Waals surface area (Å²) in [5.74, 6) is -5.71. The number of rotatable bonds is 3. The van der Waals surface area contributed by atoms with Crippen LogP contribution in [0.3, 0.4) is 0 Å². The fourth-order valence-electron chi connectivity index (χ4n) is 7.23. The Hall–Kier alpha value is -2.52. The molecule has 7 atom stereocenters. The SMILES string of the molecule is C=C1C(OC(C)=O)CCC2(C)C(=O)C3(O)OCC4=C3C(C)(C)C(C(OC(C)=O)C4)C(OC(C)=O)C12. The lowest BCUT2D eigenvalue weighted by Gasteiger charge is -2.58. The highest BCUT2D eigenvalue weighted by Crippen LogP contribution is 2.63. The molecule has 0 aromatic rings. The Morgan fingerprint density at radius 3 is 2.20 bits per heavy atom. The number of hydrogen-bond donors (Lipinski definition) is 1. The summed E-state index contributed by atoms with van der Waals surface area (Å²) in [5, 5.41) is 11.8. The monoisotopic (exact) mass is 490 g/mol. The number of carbonyl (C=O) groups is 4. The van der Waals surface area contributed by atoms with Gasteiger partial charge in [-0.15, -0.1) is 0 Å². The number of esters is 3. The van der Waals surface area contributed by atoms with Crippen molar-refractivity contribution in [1.29, 1.82) is 0 Å². The number of carbonyl (C=O) groups excluding carboxylic acids is 4. The van der Waals surface area contributed by atoms with Crippen LogP contribution in [-0.2, 0) is 38.1 Å². The molecule has 9 nitrogen and oxygen atoms in total. The maximum Gasteiger partial charge on any atom is 0.303 e. The van der Waals surface area contributed by atoms with E-state index in [4.69, 9.17) is 18.9 Å². The third-order valence-electron chi connectivity index (χ3n) is 8.34. The van der Waals surface area contributed by atoms with E-state index in [9.17, 15) is 24.3 Å². The molecular formula is C26H34O9. The number of ether oxygens (including phenoxy) is 4. The standard InChI is InChI=1S/C26H34O9/c1-12-17(33-13(2)27)8-9-25(7)19(12)21(35-15(4)29)20-18(34-14(3)28)10-16-11-32-26(31,23(25)30)22(16)24(20,5)6/h17-21,31H,1,8-11H2,2-7H3. The van der Waals surface area contributed by atoms with E-state index in [2.05, 4.69) is 6.58 Å². The molecule has 4 aliphatic rings. The van der Waals surface area contributed by atoms with Crippen LogP contribution >= 0.6 is 0 Å².